The third kappa shape index (κ3) is 3.96. The van der Waals surface area contributed by atoms with Gasteiger partial charge in [-0.05, 0) is 40.0 Å². The third-order valence-corrected chi connectivity index (χ3v) is 3.08. The molecule has 0 spiro atoms. The van der Waals surface area contributed by atoms with Crippen LogP contribution in [0.4, 0.5) is 4.39 Å². The fraction of sp³-hybridized carbons (Fsp3) is 0.385. The van der Waals surface area contributed by atoms with Crippen LogP contribution >= 0.6 is 15.9 Å². The molecule has 1 aromatic rings. The maximum Gasteiger partial charge on any atom is 0.137 e. The zero-order valence-corrected chi connectivity index (χ0v) is 10.8. The molecule has 0 aliphatic carbocycles. The molecule has 0 saturated carbocycles. The van der Waals surface area contributed by atoms with E-state index in [1.807, 2.05) is 6.07 Å². The summed E-state index contributed by atoms with van der Waals surface area (Å²) in [6, 6.07) is 5.44. The lowest BCUT2D eigenvalue weighted by Crippen LogP contribution is -2.27. The second-order valence-electron chi connectivity index (χ2n) is 3.64. The van der Waals surface area contributed by atoms with Crippen molar-refractivity contribution in [2.24, 2.45) is 0 Å². The van der Waals surface area contributed by atoms with Crippen LogP contribution in [-0.2, 0) is 6.54 Å². The van der Waals surface area contributed by atoms with E-state index in [9.17, 15) is 4.39 Å². The van der Waals surface area contributed by atoms with Crippen LogP contribution in [0.15, 0.2) is 22.7 Å². The minimum Gasteiger partial charge on any atom is -0.309 e. The average molecular weight is 284 g/mol. The van der Waals surface area contributed by atoms with Gasteiger partial charge in [0.05, 0.1) is 4.47 Å². The summed E-state index contributed by atoms with van der Waals surface area (Å²) in [5.74, 6) is 2.40. The highest BCUT2D eigenvalue weighted by Gasteiger charge is 2.05. The van der Waals surface area contributed by atoms with Gasteiger partial charge in [0.2, 0.25) is 0 Å². The van der Waals surface area contributed by atoms with Crippen molar-refractivity contribution in [3.05, 3.63) is 34.1 Å². The van der Waals surface area contributed by atoms with Gasteiger partial charge in [-0.2, -0.15) is 0 Å². The molecule has 86 valence electrons. The van der Waals surface area contributed by atoms with Crippen molar-refractivity contribution in [1.29, 1.82) is 0 Å². The summed E-state index contributed by atoms with van der Waals surface area (Å²) >= 11 is 3.13. The predicted molar refractivity (Wildman–Crippen MR) is 68.5 cm³/mol. The topological polar surface area (TPSA) is 12.0 Å². The van der Waals surface area contributed by atoms with Crippen molar-refractivity contribution in [2.75, 3.05) is 0 Å². The Morgan fingerprint density at radius 1 is 1.56 bits per heavy atom. The molecule has 3 heteroatoms. The Morgan fingerprint density at radius 3 is 2.88 bits per heavy atom. The number of hydrogen-bond acceptors (Lipinski definition) is 1. The maximum atomic E-state index is 13.2. The van der Waals surface area contributed by atoms with Crippen molar-refractivity contribution in [2.45, 2.75) is 32.4 Å². The van der Waals surface area contributed by atoms with Crippen LogP contribution in [0.2, 0.25) is 0 Å². The number of hydrogen-bond donors (Lipinski definition) is 1. The van der Waals surface area contributed by atoms with Gasteiger partial charge < -0.3 is 5.32 Å². The number of terminal acetylenes is 1. The first-order valence-electron chi connectivity index (χ1n) is 5.28. The second-order valence-corrected chi connectivity index (χ2v) is 4.50. The Labute approximate surface area is 105 Å². The largest absolute Gasteiger partial charge is 0.309 e. The van der Waals surface area contributed by atoms with Gasteiger partial charge in [0.25, 0.3) is 0 Å². The fourth-order valence-corrected chi connectivity index (χ4v) is 1.66. The summed E-state index contributed by atoms with van der Waals surface area (Å²) in [5.41, 5.74) is 0.927. The minimum atomic E-state index is -0.232. The van der Waals surface area contributed by atoms with Crippen LogP contribution in [0.25, 0.3) is 0 Å². The SMILES string of the molecule is C#CCC(CC)NCc1ccc(Br)c(F)c1. The summed E-state index contributed by atoms with van der Waals surface area (Å²) in [5, 5.41) is 3.31. The number of halogens is 2. The van der Waals surface area contributed by atoms with Crippen LogP contribution in [-0.4, -0.2) is 6.04 Å². The molecule has 0 saturated heterocycles. The summed E-state index contributed by atoms with van der Waals surface area (Å²) < 4.78 is 13.7. The number of benzene rings is 1. The summed E-state index contributed by atoms with van der Waals surface area (Å²) in [6.07, 6.45) is 6.94. The molecule has 0 fully saturated rings. The summed E-state index contributed by atoms with van der Waals surface area (Å²) in [4.78, 5) is 0. The minimum absolute atomic E-state index is 0.232. The van der Waals surface area contributed by atoms with Crippen LogP contribution in [0, 0.1) is 18.2 Å². The highest BCUT2D eigenvalue weighted by molar-refractivity contribution is 9.10. The van der Waals surface area contributed by atoms with Crippen molar-refractivity contribution >= 4 is 15.9 Å². The molecule has 1 atom stereocenters. The molecule has 0 bridgehead atoms. The highest BCUT2D eigenvalue weighted by atomic mass is 79.9. The van der Waals surface area contributed by atoms with Gasteiger partial charge in [0.1, 0.15) is 5.82 Å². The fourth-order valence-electron chi connectivity index (χ4n) is 1.41. The van der Waals surface area contributed by atoms with Crippen LogP contribution in [0.5, 0.6) is 0 Å². The predicted octanol–water partition coefficient (Wildman–Crippen LogP) is 3.48. The van der Waals surface area contributed by atoms with Gasteiger partial charge in [-0.25, -0.2) is 4.39 Å². The van der Waals surface area contributed by atoms with Gasteiger partial charge in [-0.15, -0.1) is 12.3 Å². The maximum absolute atomic E-state index is 13.2. The molecule has 16 heavy (non-hydrogen) atoms. The molecule has 0 aliphatic rings. The molecule has 0 aromatic heterocycles. The van der Waals surface area contributed by atoms with E-state index in [1.165, 1.54) is 6.07 Å². The highest BCUT2D eigenvalue weighted by Crippen LogP contribution is 2.16. The molecule has 1 unspecified atom stereocenters. The first kappa shape index (κ1) is 13.2. The van der Waals surface area contributed by atoms with E-state index in [2.05, 4.69) is 34.1 Å². The first-order valence-corrected chi connectivity index (χ1v) is 6.07. The Balaban J connectivity index is 2.54. The average Bonchev–Trinajstić information content (AvgIpc) is 2.28. The summed E-state index contributed by atoms with van der Waals surface area (Å²) in [7, 11) is 0. The van der Waals surface area contributed by atoms with Crippen LogP contribution < -0.4 is 5.32 Å². The smallest absolute Gasteiger partial charge is 0.137 e. The van der Waals surface area contributed by atoms with Crippen molar-refractivity contribution in [1.82, 2.24) is 5.32 Å². The van der Waals surface area contributed by atoms with Gasteiger partial charge in [0.15, 0.2) is 0 Å². The monoisotopic (exact) mass is 283 g/mol. The molecule has 1 nitrogen and oxygen atoms in total. The molecular formula is C13H15BrFN. The van der Waals surface area contributed by atoms with Gasteiger partial charge >= 0.3 is 0 Å². The lowest BCUT2D eigenvalue weighted by molar-refractivity contribution is 0.505. The number of nitrogens with one attached hydrogen (secondary N) is 1. The lowest BCUT2D eigenvalue weighted by Gasteiger charge is -2.14. The lowest BCUT2D eigenvalue weighted by atomic mass is 10.1. The molecule has 1 rings (SSSR count). The molecule has 0 amide bonds. The van der Waals surface area contributed by atoms with E-state index in [-0.39, 0.29) is 5.82 Å². The Hall–Kier alpha value is -0.850. The van der Waals surface area contributed by atoms with Crippen LogP contribution in [0.3, 0.4) is 0 Å². The van der Waals surface area contributed by atoms with E-state index >= 15 is 0 Å². The number of rotatable bonds is 5. The third-order valence-electron chi connectivity index (χ3n) is 2.44. The Morgan fingerprint density at radius 2 is 2.31 bits per heavy atom. The first-order chi connectivity index (χ1) is 7.67. The quantitative estimate of drug-likeness (QED) is 0.816. The molecule has 1 N–H and O–H groups in total. The Bertz CT molecular complexity index is 384. The molecule has 0 radical (unpaired) electrons. The van der Waals surface area contributed by atoms with Crippen molar-refractivity contribution < 1.29 is 4.39 Å². The summed E-state index contributed by atoms with van der Waals surface area (Å²) in [6.45, 7) is 2.72. The van der Waals surface area contributed by atoms with Gasteiger partial charge in [0, 0.05) is 19.0 Å². The van der Waals surface area contributed by atoms with Crippen LogP contribution in [0.1, 0.15) is 25.3 Å². The molecular weight excluding hydrogens is 269 g/mol. The van der Waals surface area contributed by atoms with E-state index in [0.717, 1.165) is 12.0 Å². The van der Waals surface area contributed by atoms with E-state index in [0.29, 0.717) is 23.5 Å². The van der Waals surface area contributed by atoms with Crippen molar-refractivity contribution in [3.63, 3.8) is 0 Å². The molecule has 1 aromatic carbocycles. The Kier molecular flexibility index (Phi) is 5.51. The van der Waals surface area contributed by atoms with Gasteiger partial charge in [-0.3, -0.25) is 0 Å². The van der Waals surface area contributed by atoms with E-state index < -0.39 is 0 Å². The van der Waals surface area contributed by atoms with Gasteiger partial charge in [-0.1, -0.05) is 13.0 Å². The van der Waals surface area contributed by atoms with E-state index in [1.54, 1.807) is 6.07 Å². The normalized spacial score (nSPS) is 12.1. The standard InChI is InChI=1S/C13H15BrFN/c1-3-5-11(4-2)16-9-10-6-7-12(14)13(15)8-10/h1,6-8,11,16H,4-5,9H2,2H3. The second kappa shape index (κ2) is 6.67. The molecule has 0 heterocycles. The van der Waals surface area contributed by atoms with E-state index in [4.69, 9.17) is 6.42 Å². The van der Waals surface area contributed by atoms with Crippen molar-refractivity contribution in [3.8, 4) is 12.3 Å². The zero-order chi connectivity index (χ0) is 12.0. The zero-order valence-electron chi connectivity index (χ0n) is 9.26. The molecule has 0 aliphatic heterocycles.